The lowest BCUT2D eigenvalue weighted by Crippen LogP contribution is -2.51. The van der Waals surface area contributed by atoms with Gasteiger partial charge in [0.25, 0.3) is 0 Å². The molecule has 1 saturated heterocycles. The molecule has 0 saturated carbocycles. The summed E-state index contributed by atoms with van der Waals surface area (Å²) in [6.45, 7) is 6.79. The molecule has 1 rings (SSSR count). The SMILES string of the molecule is CC(=O)C1CCC(NC(C)C)NC1. The highest BCUT2D eigenvalue weighted by Gasteiger charge is 2.23. The number of rotatable bonds is 3. The third-order valence-electron chi connectivity index (χ3n) is 2.52. The zero-order valence-electron chi connectivity index (χ0n) is 8.76. The number of nitrogens with one attached hydrogen (secondary N) is 2. The van der Waals surface area contributed by atoms with E-state index in [0.29, 0.717) is 18.0 Å². The summed E-state index contributed by atoms with van der Waals surface area (Å²) in [7, 11) is 0. The Kier molecular flexibility index (Phi) is 3.88. The minimum atomic E-state index is 0.241. The van der Waals surface area contributed by atoms with E-state index in [1.54, 1.807) is 6.92 Å². The van der Waals surface area contributed by atoms with E-state index in [1.807, 2.05) is 0 Å². The number of piperidine rings is 1. The second kappa shape index (κ2) is 4.72. The van der Waals surface area contributed by atoms with Crippen molar-refractivity contribution in [3.63, 3.8) is 0 Å². The Bertz CT molecular complexity index is 172. The van der Waals surface area contributed by atoms with Gasteiger partial charge in [-0.05, 0) is 33.6 Å². The van der Waals surface area contributed by atoms with Gasteiger partial charge in [-0.15, -0.1) is 0 Å². The number of hydrogen-bond donors (Lipinski definition) is 2. The molecule has 0 aliphatic carbocycles. The minimum absolute atomic E-state index is 0.241. The van der Waals surface area contributed by atoms with Crippen LogP contribution in [0.25, 0.3) is 0 Å². The van der Waals surface area contributed by atoms with Crippen molar-refractivity contribution >= 4 is 5.78 Å². The number of Topliss-reactive ketones (excluding diaryl/α,β-unsaturated/α-hetero) is 1. The van der Waals surface area contributed by atoms with Crippen molar-refractivity contribution in [2.45, 2.75) is 45.8 Å². The van der Waals surface area contributed by atoms with Crippen molar-refractivity contribution in [3.05, 3.63) is 0 Å². The lowest BCUT2D eigenvalue weighted by atomic mass is 9.94. The van der Waals surface area contributed by atoms with Crippen LogP contribution in [0.1, 0.15) is 33.6 Å². The van der Waals surface area contributed by atoms with Crippen molar-refractivity contribution < 1.29 is 4.79 Å². The molecule has 0 aromatic carbocycles. The summed E-state index contributed by atoms with van der Waals surface area (Å²) in [6, 6.07) is 0.506. The first-order chi connectivity index (χ1) is 6.09. The van der Waals surface area contributed by atoms with E-state index in [-0.39, 0.29) is 5.92 Å². The largest absolute Gasteiger partial charge is 0.301 e. The van der Waals surface area contributed by atoms with Crippen LogP contribution in [0.5, 0.6) is 0 Å². The summed E-state index contributed by atoms with van der Waals surface area (Å²) < 4.78 is 0. The Morgan fingerprint density at radius 1 is 1.46 bits per heavy atom. The maximum absolute atomic E-state index is 11.1. The Balaban J connectivity index is 2.26. The van der Waals surface area contributed by atoms with Gasteiger partial charge in [-0.25, -0.2) is 0 Å². The predicted octanol–water partition coefficient (Wildman–Crippen LogP) is 0.899. The van der Waals surface area contributed by atoms with Crippen molar-refractivity contribution in [2.24, 2.45) is 5.92 Å². The normalized spacial score (nSPS) is 29.2. The molecule has 0 aromatic rings. The van der Waals surface area contributed by atoms with E-state index in [4.69, 9.17) is 0 Å². The van der Waals surface area contributed by atoms with E-state index in [9.17, 15) is 4.79 Å². The zero-order chi connectivity index (χ0) is 9.84. The second-order valence-corrected chi connectivity index (χ2v) is 4.17. The molecule has 2 unspecified atom stereocenters. The molecular weight excluding hydrogens is 164 g/mol. The van der Waals surface area contributed by atoms with Crippen LogP contribution in [0.3, 0.4) is 0 Å². The monoisotopic (exact) mass is 184 g/mol. The molecule has 0 amide bonds. The third kappa shape index (κ3) is 3.44. The highest BCUT2D eigenvalue weighted by molar-refractivity contribution is 5.78. The average molecular weight is 184 g/mol. The first kappa shape index (κ1) is 10.7. The molecule has 1 heterocycles. The Morgan fingerprint density at radius 3 is 2.54 bits per heavy atom. The molecule has 2 N–H and O–H groups in total. The van der Waals surface area contributed by atoms with E-state index in [2.05, 4.69) is 24.5 Å². The first-order valence-corrected chi connectivity index (χ1v) is 5.09. The van der Waals surface area contributed by atoms with Gasteiger partial charge in [-0.3, -0.25) is 10.1 Å². The van der Waals surface area contributed by atoms with Gasteiger partial charge < -0.3 is 5.32 Å². The minimum Gasteiger partial charge on any atom is -0.301 e. The van der Waals surface area contributed by atoms with Crippen LogP contribution < -0.4 is 10.6 Å². The zero-order valence-corrected chi connectivity index (χ0v) is 8.76. The maximum Gasteiger partial charge on any atom is 0.134 e. The van der Waals surface area contributed by atoms with Gasteiger partial charge in [0.2, 0.25) is 0 Å². The summed E-state index contributed by atoms with van der Waals surface area (Å²) >= 11 is 0. The lowest BCUT2D eigenvalue weighted by Gasteiger charge is -2.30. The molecule has 3 nitrogen and oxygen atoms in total. The number of hydrogen-bond acceptors (Lipinski definition) is 3. The molecule has 3 heteroatoms. The quantitative estimate of drug-likeness (QED) is 0.684. The van der Waals surface area contributed by atoms with Crippen LogP contribution in [-0.4, -0.2) is 24.5 Å². The van der Waals surface area contributed by atoms with Gasteiger partial charge in [0, 0.05) is 18.5 Å². The average Bonchev–Trinajstić information content (AvgIpc) is 2.04. The van der Waals surface area contributed by atoms with Crippen LogP contribution in [0.4, 0.5) is 0 Å². The third-order valence-corrected chi connectivity index (χ3v) is 2.52. The fraction of sp³-hybridized carbons (Fsp3) is 0.900. The number of ketones is 1. The summed E-state index contributed by atoms with van der Waals surface area (Å²) in [5, 5.41) is 6.77. The van der Waals surface area contributed by atoms with Crippen LogP contribution in [0, 0.1) is 5.92 Å². The fourth-order valence-electron chi connectivity index (χ4n) is 1.75. The van der Waals surface area contributed by atoms with Gasteiger partial charge in [-0.2, -0.15) is 0 Å². The standard InChI is InChI=1S/C10H20N2O/c1-7(2)12-10-5-4-9(6-11-10)8(3)13/h7,9-12H,4-6H2,1-3H3. The highest BCUT2D eigenvalue weighted by Crippen LogP contribution is 2.13. The molecule has 1 aliphatic heterocycles. The Morgan fingerprint density at radius 2 is 2.15 bits per heavy atom. The van der Waals surface area contributed by atoms with Gasteiger partial charge in [-0.1, -0.05) is 0 Å². The van der Waals surface area contributed by atoms with Gasteiger partial charge in [0.05, 0.1) is 6.17 Å². The van der Waals surface area contributed by atoms with E-state index < -0.39 is 0 Å². The van der Waals surface area contributed by atoms with Gasteiger partial charge >= 0.3 is 0 Å². The van der Waals surface area contributed by atoms with Gasteiger partial charge in [0.15, 0.2) is 0 Å². The highest BCUT2D eigenvalue weighted by atomic mass is 16.1. The topological polar surface area (TPSA) is 41.1 Å². The second-order valence-electron chi connectivity index (χ2n) is 4.17. The Hall–Kier alpha value is -0.410. The van der Waals surface area contributed by atoms with Crippen LogP contribution in [0.15, 0.2) is 0 Å². The van der Waals surface area contributed by atoms with Crippen molar-refractivity contribution in [2.75, 3.05) is 6.54 Å². The molecule has 0 spiro atoms. The molecule has 76 valence electrons. The molecule has 2 atom stereocenters. The van der Waals surface area contributed by atoms with E-state index >= 15 is 0 Å². The van der Waals surface area contributed by atoms with Crippen molar-refractivity contribution in [3.8, 4) is 0 Å². The van der Waals surface area contributed by atoms with Crippen LogP contribution in [-0.2, 0) is 4.79 Å². The number of carbonyl (C=O) groups excluding carboxylic acids is 1. The molecule has 1 fully saturated rings. The summed E-state index contributed by atoms with van der Waals surface area (Å²) in [4.78, 5) is 11.1. The molecule has 0 radical (unpaired) electrons. The summed E-state index contributed by atoms with van der Waals surface area (Å²) in [5.41, 5.74) is 0. The maximum atomic E-state index is 11.1. The van der Waals surface area contributed by atoms with Crippen molar-refractivity contribution in [1.29, 1.82) is 0 Å². The number of carbonyl (C=O) groups is 1. The van der Waals surface area contributed by atoms with Crippen LogP contribution >= 0.6 is 0 Å². The van der Waals surface area contributed by atoms with Crippen molar-refractivity contribution in [1.82, 2.24) is 10.6 Å². The fourth-order valence-corrected chi connectivity index (χ4v) is 1.75. The Labute approximate surface area is 80.3 Å². The van der Waals surface area contributed by atoms with E-state index in [1.165, 1.54) is 0 Å². The lowest BCUT2D eigenvalue weighted by molar-refractivity contribution is -0.121. The summed E-state index contributed by atoms with van der Waals surface area (Å²) in [6.07, 6.45) is 2.48. The van der Waals surface area contributed by atoms with Crippen LogP contribution in [0.2, 0.25) is 0 Å². The molecule has 0 bridgehead atoms. The predicted molar refractivity (Wildman–Crippen MR) is 53.5 cm³/mol. The smallest absolute Gasteiger partial charge is 0.134 e. The molecule has 1 aliphatic rings. The molecular formula is C10H20N2O. The first-order valence-electron chi connectivity index (χ1n) is 5.09. The summed E-state index contributed by atoms with van der Waals surface area (Å²) in [5.74, 6) is 0.556. The molecule has 13 heavy (non-hydrogen) atoms. The van der Waals surface area contributed by atoms with E-state index in [0.717, 1.165) is 19.4 Å². The van der Waals surface area contributed by atoms with Gasteiger partial charge in [0.1, 0.15) is 5.78 Å². The molecule has 0 aromatic heterocycles.